The van der Waals surface area contributed by atoms with Gasteiger partial charge >= 0.3 is 12.5 Å². The van der Waals surface area contributed by atoms with Gasteiger partial charge in [0.25, 0.3) is 0 Å². The number of hydrogen-bond acceptors (Lipinski definition) is 4. The lowest BCUT2D eigenvalue weighted by Gasteiger charge is -2.28. The lowest BCUT2D eigenvalue weighted by Crippen LogP contribution is -2.44. The molecule has 136 valence electrons. The molecule has 0 amide bonds. The molecule has 10 heteroatoms. The molecule has 4 nitrogen and oxygen atoms in total. The third-order valence-electron chi connectivity index (χ3n) is 2.66. The fourth-order valence-corrected chi connectivity index (χ4v) is 1.80. The summed E-state index contributed by atoms with van der Waals surface area (Å²) in [5.41, 5.74) is 1.10. The highest BCUT2D eigenvalue weighted by atomic mass is 19.4. The minimum absolute atomic E-state index is 0.0390. The predicted molar refractivity (Wildman–Crippen MR) is 75.0 cm³/mol. The zero-order valence-electron chi connectivity index (χ0n) is 12.8. The Kier molecular flexibility index (Phi) is 6.50. The van der Waals surface area contributed by atoms with Gasteiger partial charge in [0.2, 0.25) is 0 Å². The Labute approximate surface area is 134 Å². The topological polar surface area (TPSA) is 33.7 Å². The Bertz CT molecular complexity index is 559. The van der Waals surface area contributed by atoms with Crippen molar-refractivity contribution in [2.75, 3.05) is 11.6 Å². The molecule has 1 unspecified atom stereocenters. The number of hydrogen-bond donors (Lipinski definition) is 1. The van der Waals surface area contributed by atoms with Gasteiger partial charge in [0.1, 0.15) is 12.0 Å². The van der Waals surface area contributed by atoms with Crippen LogP contribution >= 0.6 is 0 Å². The summed E-state index contributed by atoms with van der Waals surface area (Å²) < 4.78 is 84.1. The van der Waals surface area contributed by atoms with Crippen molar-refractivity contribution in [3.8, 4) is 5.75 Å². The molecule has 0 bridgehead atoms. The van der Waals surface area contributed by atoms with Crippen LogP contribution in [0.1, 0.15) is 19.4 Å². The highest BCUT2D eigenvalue weighted by molar-refractivity contribution is 5.61. The van der Waals surface area contributed by atoms with Crippen molar-refractivity contribution in [2.45, 2.75) is 32.6 Å². The summed E-state index contributed by atoms with van der Waals surface area (Å²) in [4.78, 5) is 0. The molecule has 1 aromatic rings. The van der Waals surface area contributed by atoms with E-state index in [4.69, 9.17) is 4.74 Å². The summed E-state index contributed by atoms with van der Waals surface area (Å²) in [7, 11) is 0. The molecule has 1 atom stereocenters. The van der Waals surface area contributed by atoms with Gasteiger partial charge in [0.05, 0.1) is 17.9 Å². The summed E-state index contributed by atoms with van der Waals surface area (Å²) in [5, 5.41) is 0.872. The predicted octanol–water partition coefficient (Wildman–Crippen LogP) is 4.44. The molecule has 0 aromatic heterocycles. The van der Waals surface area contributed by atoms with E-state index >= 15 is 0 Å². The summed E-state index contributed by atoms with van der Waals surface area (Å²) in [6.45, 7) is 6.17. The average molecular weight is 358 g/mol. The van der Waals surface area contributed by atoms with E-state index < -0.39 is 24.3 Å². The van der Waals surface area contributed by atoms with Gasteiger partial charge in [0, 0.05) is 6.20 Å². The molecule has 0 aliphatic heterocycles. The van der Waals surface area contributed by atoms with Crippen molar-refractivity contribution in [3.63, 3.8) is 0 Å². The number of ether oxygens (including phenoxy) is 2. The third kappa shape index (κ3) is 5.93. The molecule has 1 aromatic carbocycles. The molecule has 24 heavy (non-hydrogen) atoms. The van der Waals surface area contributed by atoms with Crippen molar-refractivity contribution < 1.29 is 35.8 Å². The smallest absolute Gasteiger partial charge is 0.492 e. The van der Waals surface area contributed by atoms with Gasteiger partial charge in [-0.15, -0.1) is 13.2 Å². The van der Waals surface area contributed by atoms with E-state index in [9.17, 15) is 26.3 Å². The van der Waals surface area contributed by atoms with E-state index in [0.29, 0.717) is 0 Å². The molecule has 1 N–H and O–H groups in total. The lowest BCUT2D eigenvalue weighted by atomic mass is 10.1. The number of anilines is 1. The number of hydrazine groups is 1. The number of benzene rings is 1. The van der Waals surface area contributed by atoms with Crippen LogP contribution in [-0.4, -0.2) is 19.2 Å². The summed E-state index contributed by atoms with van der Waals surface area (Å²) in [6, 6.07) is 2.63. The lowest BCUT2D eigenvalue weighted by molar-refractivity contribution is -0.343. The maximum atomic E-state index is 12.9. The highest BCUT2D eigenvalue weighted by Gasteiger charge is 2.34. The second-order valence-electron chi connectivity index (χ2n) is 4.50. The van der Waals surface area contributed by atoms with E-state index in [0.717, 1.165) is 36.3 Å². The van der Waals surface area contributed by atoms with Crippen LogP contribution in [0.3, 0.4) is 0 Å². The van der Waals surface area contributed by atoms with E-state index in [1.807, 2.05) is 0 Å². The molecule has 0 heterocycles. The highest BCUT2D eigenvalue weighted by Crippen LogP contribution is 2.36. The number of alkyl halides is 6. The van der Waals surface area contributed by atoms with Crippen LogP contribution < -0.4 is 15.2 Å². The van der Waals surface area contributed by atoms with Gasteiger partial charge in [-0.25, -0.2) is 5.43 Å². The number of nitrogens with one attached hydrogen (secondary N) is 1. The first-order valence-electron chi connectivity index (χ1n) is 6.74. The van der Waals surface area contributed by atoms with Crippen molar-refractivity contribution in [1.29, 1.82) is 0 Å². The molecule has 0 aliphatic carbocycles. The number of rotatable bonds is 7. The normalized spacial score (nSPS) is 13.5. The Morgan fingerprint density at radius 1 is 1.25 bits per heavy atom. The second kappa shape index (κ2) is 7.75. The standard InChI is InChI=1S/C14H16F6N2O2/c1-4-22(21-9(3)24-14(18,19)20)11-8-10(13(15,16)17)6-7-12(11)23-5-2/h4,6-9,21H,1,5H2,2-3H3. The second-order valence-corrected chi connectivity index (χ2v) is 4.50. The van der Waals surface area contributed by atoms with Crippen molar-refractivity contribution in [2.24, 2.45) is 0 Å². The maximum absolute atomic E-state index is 12.9. The fraction of sp³-hybridized carbons (Fsp3) is 0.429. The molecule has 0 aliphatic rings. The minimum atomic E-state index is -4.91. The zero-order valence-corrected chi connectivity index (χ0v) is 12.8. The van der Waals surface area contributed by atoms with E-state index in [2.05, 4.69) is 16.7 Å². The largest absolute Gasteiger partial charge is 0.524 e. The molecule has 0 spiro atoms. The van der Waals surface area contributed by atoms with Crippen LogP contribution in [0.25, 0.3) is 0 Å². The van der Waals surface area contributed by atoms with Crippen LogP contribution in [0.2, 0.25) is 0 Å². The summed E-state index contributed by atoms with van der Waals surface area (Å²) in [5.74, 6) is 0.0390. The summed E-state index contributed by atoms with van der Waals surface area (Å²) in [6.07, 6.45) is -10.1. The maximum Gasteiger partial charge on any atom is 0.524 e. The minimum Gasteiger partial charge on any atom is -0.492 e. The Balaban J connectivity index is 3.15. The van der Waals surface area contributed by atoms with Crippen LogP contribution in [0.4, 0.5) is 32.0 Å². The Hall–Kier alpha value is -1.94. The van der Waals surface area contributed by atoms with Crippen molar-refractivity contribution in [3.05, 3.63) is 36.5 Å². The molecular weight excluding hydrogens is 342 g/mol. The molecular formula is C14H16F6N2O2. The van der Waals surface area contributed by atoms with Gasteiger partial charge in [-0.3, -0.25) is 9.75 Å². The Morgan fingerprint density at radius 3 is 2.33 bits per heavy atom. The van der Waals surface area contributed by atoms with Gasteiger partial charge in [0.15, 0.2) is 0 Å². The van der Waals surface area contributed by atoms with Crippen molar-refractivity contribution in [1.82, 2.24) is 5.43 Å². The SMILES string of the molecule is C=CN(NC(C)OC(F)(F)F)c1cc(C(F)(F)F)ccc1OCC. The van der Waals surface area contributed by atoms with Gasteiger partial charge in [-0.05, 0) is 32.0 Å². The van der Waals surface area contributed by atoms with E-state index in [1.54, 1.807) is 6.92 Å². The van der Waals surface area contributed by atoms with Crippen LogP contribution in [0.5, 0.6) is 5.75 Å². The monoisotopic (exact) mass is 358 g/mol. The van der Waals surface area contributed by atoms with E-state index in [1.165, 1.54) is 0 Å². The van der Waals surface area contributed by atoms with Gasteiger partial charge < -0.3 is 4.74 Å². The van der Waals surface area contributed by atoms with Gasteiger partial charge in [-0.1, -0.05) is 6.58 Å². The van der Waals surface area contributed by atoms with Crippen LogP contribution in [0, 0.1) is 0 Å². The van der Waals surface area contributed by atoms with Gasteiger partial charge in [-0.2, -0.15) is 13.2 Å². The molecule has 1 rings (SSSR count). The average Bonchev–Trinajstić information content (AvgIpc) is 2.42. The van der Waals surface area contributed by atoms with Crippen molar-refractivity contribution >= 4 is 5.69 Å². The third-order valence-corrected chi connectivity index (χ3v) is 2.66. The number of halogens is 6. The first-order chi connectivity index (χ1) is 11.0. The first kappa shape index (κ1) is 20.1. The molecule has 0 radical (unpaired) electrons. The Morgan fingerprint density at radius 2 is 1.88 bits per heavy atom. The quantitative estimate of drug-likeness (QED) is 0.444. The van der Waals surface area contributed by atoms with Crippen LogP contribution in [0.15, 0.2) is 31.0 Å². The first-order valence-corrected chi connectivity index (χ1v) is 6.74. The fourth-order valence-electron chi connectivity index (χ4n) is 1.80. The summed E-state index contributed by atoms with van der Waals surface area (Å²) >= 11 is 0. The molecule has 0 saturated heterocycles. The molecule has 0 saturated carbocycles. The molecule has 0 fully saturated rings. The zero-order chi connectivity index (χ0) is 18.5. The number of nitrogens with zero attached hydrogens (tertiary/aromatic N) is 1. The van der Waals surface area contributed by atoms with Crippen LogP contribution in [-0.2, 0) is 10.9 Å². The van der Waals surface area contributed by atoms with E-state index in [-0.39, 0.29) is 18.0 Å².